The van der Waals surface area contributed by atoms with Crippen LogP contribution >= 0.6 is 23.8 Å². The lowest BCUT2D eigenvalue weighted by Gasteiger charge is -2.28. The van der Waals surface area contributed by atoms with Gasteiger partial charge in [-0.2, -0.15) is 0 Å². The second-order valence-electron chi connectivity index (χ2n) is 8.34. The molecule has 0 amide bonds. The van der Waals surface area contributed by atoms with Gasteiger partial charge in [-0.1, -0.05) is 29.8 Å². The summed E-state index contributed by atoms with van der Waals surface area (Å²) in [6.07, 6.45) is 1.82. The van der Waals surface area contributed by atoms with E-state index in [1.807, 2.05) is 60.8 Å². The highest BCUT2D eigenvalue weighted by Gasteiger charge is 2.42. The molecule has 0 saturated carbocycles. The molecule has 5 nitrogen and oxygen atoms in total. The Morgan fingerprint density at radius 2 is 1.76 bits per heavy atom. The highest BCUT2D eigenvalue weighted by Crippen LogP contribution is 2.44. The summed E-state index contributed by atoms with van der Waals surface area (Å²) in [5.41, 5.74) is 6.36. The molecule has 0 spiro atoms. The second kappa shape index (κ2) is 9.12. The van der Waals surface area contributed by atoms with Gasteiger partial charge in [0.1, 0.15) is 5.75 Å². The number of hydrogen-bond donors (Lipinski definition) is 1. The highest BCUT2D eigenvalue weighted by molar-refractivity contribution is 7.80. The van der Waals surface area contributed by atoms with E-state index in [9.17, 15) is 0 Å². The number of nitrogens with one attached hydrogen (secondary N) is 1. The fraction of sp³-hybridized carbons (Fsp3) is 0.185. The predicted molar refractivity (Wildman–Crippen MR) is 141 cm³/mol. The van der Waals surface area contributed by atoms with E-state index in [1.54, 1.807) is 7.11 Å². The summed E-state index contributed by atoms with van der Waals surface area (Å²) < 4.78 is 7.74. The third kappa shape index (κ3) is 3.93. The summed E-state index contributed by atoms with van der Waals surface area (Å²) in [5, 5.41) is 4.90. The Morgan fingerprint density at radius 1 is 0.971 bits per heavy atom. The zero-order valence-corrected chi connectivity index (χ0v) is 20.8. The third-order valence-corrected chi connectivity index (χ3v) is 6.83. The maximum absolute atomic E-state index is 6.32. The van der Waals surface area contributed by atoms with E-state index < -0.39 is 0 Å². The van der Waals surface area contributed by atoms with Gasteiger partial charge < -0.3 is 19.5 Å². The minimum absolute atomic E-state index is 0.103. The van der Waals surface area contributed by atoms with Gasteiger partial charge in [-0.05, 0) is 80.2 Å². The molecule has 1 aliphatic heterocycles. The standard InChI is InChI=1S/C27H25ClN4OS/c1-17-14-23(18(2)31(17)20-9-6-8-19(28)15-20)26-25(24-12-4-5-13-29-24)30-27(34)32(26)21-10-7-11-22(16-21)33-3/h4-16,25-26H,1-3H3,(H,30,34)/t25-,26-/m0/s1. The molecule has 2 aromatic heterocycles. The highest BCUT2D eigenvalue weighted by atomic mass is 35.5. The van der Waals surface area contributed by atoms with Crippen LogP contribution in [0.1, 0.15) is 34.7 Å². The fourth-order valence-electron chi connectivity index (χ4n) is 4.81. The smallest absolute Gasteiger partial charge is 0.174 e. The molecule has 0 unspecified atom stereocenters. The van der Waals surface area contributed by atoms with Crippen LogP contribution in [0.3, 0.4) is 0 Å². The molecular weight excluding hydrogens is 464 g/mol. The summed E-state index contributed by atoms with van der Waals surface area (Å²) in [5.74, 6) is 0.782. The third-order valence-electron chi connectivity index (χ3n) is 6.28. The van der Waals surface area contributed by atoms with Crippen LogP contribution in [0.4, 0.5) is 5.69 Å². The van der Waals surface area contributed by atoms with Gasteiger partial charge in [0, 0.05) is 40.0 Å². The number of ether oxygens (including phenoxy) is 1. The molecule has 0 bridgehead atoms. The van der Waals surface area contributed by atoms with E-state index in [0.717, 1.165) is 34.2 Å². The number of anilines is 1. The van der Waals surface area contributed by atoms with Crippen LogP contribution < -0.4 is 15.0 Å². The first-order valence-electron chi connectivity index (χ1n) is 11.1. The van der Waals surface area contributed by atoms with Crippen molar-refractivity contribution in [3.05, 3.63) is 107 Å². The summed E-state index contributed by atoms with van der Waals surface area (Å²) in [4.78, 5) is 6.83. The van der Waals surface area contributed by atoms with E-state index in [2.05, 4.69) is 51.8 Å². The number of aryl methyl sites for hydroxylation is 1. The van der Waals surface area contributed by atoms with Gasteiger partial charge >= 0.3 is 0 Å². The lowest BCUT2D eigenvalue weighted by Crippen LogP contribution is -2.29. The minimum Gasteiger partial charge on any atom is -0.497 e. The van der Waals surface area contributed by atoms with Crippen molar-refractivity contribution in [3.8, 4) is 11.4 Å². The van der Waals surface area contributed by atoms with Crippen LogP contribution in [0.5, 0.6) is 5.75 Å². The van der Waals surface area contributed by atoms with Gasteiger partial charge in [0.15, 0.2) is 5.11 Å². The first-order valence-corrected chi connectivity index (χ1v) is 11.9. The number of methoxy groups -OCH3 is 1. The lowest BCUT2D eigenvalue weighted by molar-refractivity contribution is 0.415. The SMILES string of the molecule is COc1cccc(N2C(=S)N[C@@H](c3ccccn3)[C@@H]2c2cc(C)n(-c3cccc(Cl)c3)c2C)c1. The van der Waals surface area contributed by atoms with Crippen molar-refractivity contribution in [2.75, 3.05) is 12.0 Å². The van der Waals surface area contributed by atoms with Gasteiger partial charge in [0.05, 0.1) is 24.9 Å². The van der Waals surface area contributed by atoms with E-state index in [0.29, 0.717) is 10.1 Å². The van der Waals surface area contributed by atoms with Crippen LogP contribution in [0.2, 0.25) is 5.02 Å². The summed E-state index contributed by atoms with van der Waals surface area (Å²) in [6, 6.07) is 23.9. The molecule has 1 fully saturated rings. The molecule has 1 saturated heterocycles. The van der Waals surface area contributed by atoms with Gasteiger partial charge in [0.2, 0.25) is 0 Å². The number of aromatic nitrogens is 2. The molecular formula is C27H25ClN4OS. The van der Waals surface area contributed by atoms with Crippen LogP contribution in [0.25, 0.3) is 5.69 Å². The molecule has 3 heterocycles. The number of nitrogens with zero attached hydrogens (tertiary/aromatic N) is 3. The average molecular weight is 489 g/mol. The van der Waals surface area contributed by atoms with Crippen molar-refractivity contribution in [1.82, 2.24) is 14.9 Å². The van der Waals surface area contributed by atoms with Gasteiger partial charge in [-0.25, -0.2) is 0 Å². The van der Waals surface area contributed by atoms with Crippen molar-refractivity contribution >= 4 is 34.6 Å². The zero-order chi connectivity index (χ0) is 23.8. The Bertz CT molecular complexity index is 1350. The number of pyridine rings is 1. The largest absolute Gasteiger partial charge is 0.497 e. The molecule has 5 rings (SSSR count). The number of rotatable bonds is 5. The topological polar surface area (TPSA) is 42.3 Å². The maximum atomic E-state index is 6.32. The molecule has 2 aromatic carbocycles. The Hall–Kier alpha value is -3.35. The Labute approximate surface area is 210 Å². The van der Waals surface area contributed by atoms with E-state index >= 15 is 0 Å². The van der Waals surface area contributed by atoms with E-state index in [4.69, 9.17) is 28.6 Å². The van der Waals surface area contributed by atoms with Crippen LogP contribution in [-0.4, -0.2) is 21.8 Å². The molecule has 0 radical (unpaired) electrons. The lowest BCUT2D eigenvalue weighted by atomic mass is 9.96. The van der Waals surface area contributed by atoms with Crippen molar-refractivity contribution in [3.63, 3.8) is 0 Å². The minimum atomic E-state index is -0.117. The summed E-state index contributed by atoms with van der Waals surface area (Å²) in [6.45, 7) is 4.26. The normalized spacial score (nSPS) is 17.6. The summed E-state index contributed by atoms with van der Waals surface area (Å²) >= 11 is 12.2. The van der Waals surface area contributed by atoms with Crippen molar-refractivity contribution < 1.29 is 4.74 Å². The number of benzene rings is 2. The van der Waals surface area contributed by atoms with Gasteiger partial charge in [-0.15, -0.1) is 0 Å². The molecule has 34 heavy (non-hydrogen) atoms. The molecule has 7 heteroatoms. The Kier molecular flexibility index (Phi) is 6.02. The molecule has 0 aliphatic carbocycles. The first-order chi connectivity index (χ1) is 16.5. The van der Waals surface area contributed by atoms with Crippen LogP contribution in [0.15, 0.2) is 79.0 Å². The Balaban J connectivity index is 1.69. The maximum Gasteiger partial charge on any atom is 0.174 e. The Morgan fingerprint density at radius 3 is 2.50 bits per heavy atom. The van der Waals surface area contributed by atoms with Crippen molar-refractivity contribution in [2.24, 2.45) is 0 Å². The van der Waals surface area contributed by atoms with Crippen LogP contribution in [0, 0.1) is 13.8 Å². The van der Waals surface area contributed by atoms with Gasteiger partial charge in [-0.3, -0.25) is 4.98 Å². The number of halogens is 1. The predicted octanol–water partition coefficient (Wildman–Crippen LogP) is 6.33. The van der Waals surface area contributed by atoms with Gasteiger partial charge in [0.25, 0.3) is 0 Å². The number of thiocarbonyl (C=S) groups is 1. The summed E-state index contributed by atoms with van der Waals surface area (Å²) in [7, 11) is 1.67. The second-order valence-corrected chi connectivity index (χ2v) is 9.16. The quantitative estimate of drug-likeness (QED) is 0.332. The van der Waals surface area contributed by atoms with E-state index in [1.165, 1.54) is 5.56 Å². The molecule has 4 aromatic rings. The zero-order valence-electron chi connectivity index (χ0n) is 19.2. The first kappa shape index (κ1) is 22.4. The molecule has 1 N–H and O–H groups in total. The molecule has 1 aliphatic rings. The van der Waals surface area contributed by atoms with Crippen molar-refractivity contribution in [2.45, 2.75) is 25.9 Å². The fourth-order valence-corrected chi connectivity index (χ4v) is 5.34. The average Bonchev–Trinajstić information content (AvgIpc) is 3.34. The number of hydrogen-bond acceptors (Lipinski definition) is 3. The van der Waals surface area contributed by atoms with Crippen molar-refractivity contribution in [1.29, 1.82) is 0 Å². The monoisotopic (exact) mass is 488 g/mol. The molecule has 172 valence electrons. The van der Waals surface area contributed by atoms with E-state index in [-0.39, 0.29) is 12.1 Å². The van der Waals surface area contributed by atoms with Crippen LogP contribution in [-0.2, 0) is 0 Å². The molecule has 2 atom stereocenters.